The summed E-state index contributed by atoms with van der Waals surface area (Å²) in [5.74, 6) is 0. The number of piperidine rings is 1. The van der Waals surface area contributed by atoms with Gasteiger partial charge in [-0.25, -0.2) is 0 Å². The fourth-order valence-corrected chi connectivity index (χ4v) is 3.60. The number of piperazine rings is 1. The third kappa shape index (κ3) is 2.13. The number of fused-ring (bicyclic) bond motifs is 1. The fraction of sp³-hybridized carbons (Fsp3) is 1.00. The summed E-state index contributed by atoms with van der Waals surface area (Å²) in [6, 6.07) is 0.839. The van der Waals surface area contributed by atoms with Crippen LogP contribution >= 0.6 is 0 Å². The van der Waals surface area contributed by atoms with Gasteiger partial charge in [-0.2, -0.15) is 0 Å². The van der Waals surface area contributed by atoms with Crippen molar-refractivity contribution in [2.75, 3.05) is 32.7 Å². The van der Waals surface area contributed by atoms with Crippen LogP contribution in [0, 0.1) is 0 Å². The van der Waals surface area contributed by atoms with Gasteiger partial charge in [0.1, 0.15) is 0 Å². The van der Waals surface area contributed by atoms with Gasteiger partial charge in [-0.1, -0.05) is 6.42 Å². The zero-order valence-electron chi connectivity index (χ0n) is 10.3. The van der Waals surface area contributed by atoms with Crippen LogP contribution in [0.25, 0.3) is 0 Å². The van der Waals surface area contributed by atoms with Crippen molar-refractivity contribution in [2.45, 2.75) is 50.1 Å². The maximum Gasteiger partial charge on any atom is 0.0283 e. The van der Waals surface area contributed by atoms with Gasteiger partial charge < -0.3 is 5.73 Å². The van der Waals surface area contributed by atoms with Crippen molar-refractivity contribution in [1.82, 2.24) is 9.80 Å². The maximum absolute atomic E-state index is 6.35. The highest BCUT2D eigenvalue weighted by molar-refractivity contribution is 4.97. The highest BCUT2D eigenvalue weighted by Crippen LogP contribution is 2.31. The molecule has 92 valence electrons. The average molecular weight is 223 g/mol. The van der Waals surface area contributed by atoms with E-state index in [1.165, 1.54) is 64.7 Å². The molecule has 3 aliphatic rings. The van der Waals surface area contributed by atoms with Crippen LogP contribution in [-0.4, -0.2) is 54.1 Å². The molecule has 1 atom stereocenters. The Morgan fingerprint density at radius 3 is 2.69 bits per heavy atom. The second-order valence-electron chi connectivity index (χ2n) is 6.14. The molecule has 1 saturated carbocycles. The first-order valence-electron chi connectivity index (χ1n) is 7.01. The first-order chi connectivity index (χ1) is 7.75. The van der Waals surface area contributed by atoms with Crippen molar-refractivity contribution in [2.24, 2.45) is 5.73 Å². The molecular weight excluding hydrogens is 198 g/mol. The molecule has 2 aliphatic heterocycles. The first-order valence-corrected chi connectivity index (χ1v) is 7.01. The van der Waals surface area contributed by atoms with Gasteiger partial charge in [0.2, 0.25) is 0 Å². The fourth-order valence-electron chi connectivity index (χ4n) is 3.60. The monoisotopic (exact) mass is 223 g/mol. The molecular formula is C13H25N3. The van der Waals surface area contributed by atoms with Crippen LogP contribution in [0.1, 0.15) is 38.5 Å². The number of nitrogens with two attached hydrogens (primary N) is 1. The third-order valence-electron chi connectivity index (χ3n) is 4.81. The summed E-state index contributed by atoms with van der Waals surface area (Å²) >= 11 is 0. The van der Waals surface area contributed by atoms with E-state index in [1.54, 1.807) is 0 Å². The molecule has 0 aromatic rings. The molecule has 1 aliphatic carbocycles. The van der Waals surface area contributed by atoms with E-state index in [2.05, 4.69) is 9.80 Å². The van der Waals surface area contributed by atoms with E-state index in [9.17, 15) is 0 Å². The minimum atomic E-state index is 0.177. The van der Waals surface area contributed by atoms with Crippen molar-refractivity contribution in [1.29, 1.82) is 0 Å². The quantitative estimate of drug-likeness (QED) is 0.759. The molecule has 2 N–H and O–H groups in total. The molecule has 1 unspecified atom stereocenters. The molecule has 2 heterocycles. The second-order valence-corrected chi connectivity index (χ2v) is 6.14. The summed E-state index contributed by atoms with van der Waals surface area (Å²) in [6.07, 6.45) is 8.10. The lowest BCUT2D eigenvalue weighted by Gasteiger charge is -2.48. The van der Waals surface area contributed by atoms with E-state index in [-0.39, 0.29) is 5.54 Å². The lowest BCUT2D eigenvalue weighted by Crippen LogP contribution is -2.61. The third-order valence-corrected chi connectivity index (χ3v) is 4.81. The van der Waals surface area contributed by atoms with E-state index >= 15 is 0 Å². The smallest absolute Gasteiger partial charge is 0.0283 e. The van der Waals surface area contributed by atoms with Gasteiger partial charge in [-0.3, -0.25) is 9.80 Å². The van der Waals surface area contributed by atoms with E-state index in [0.717, 1.165) is 12.6 Å². The van der Waals surface area contributed by atoms with Crippen molar-refractivity contribution >= 4 is 0 Å². The van der Waals surface area contributed by atoms with Gasteiger partial charge in [0.15, 0.2) is 0 Å². The minimum absolute atomic E-state index is 0.177. The molecule has 3 nitrogen and oxygen atoms in total. The number of hydrogen-bond donors (Lipinski definition) is 1. The van der Waals surface area contributed by atoms with Gasteiger partial charge in [0.05, 0.1) is 0 Å². The van der Waals surface area contributed by atoms with E-state index in [0.29, 0.717) is 0 Å². The van der Waals surface area contributed by atoms with Crippen LogP contribution in [0.3, 0.4) is 0 Å². The van der Waals surface area contributed by atoms with Crippen molar-refractivity contribution in [3.63, 3.8) is 0 Å². The highest BCUT2D eigenvalue weighted by Gasteiger charge is 2.37. The lowest BCUT2D eigenvalue weighted by atomic mass is 9.77. The molecule has 0 radical (unpaired) electrons. The van der Waals surface area contributed by atoms with Crippen LogP contribution < -0.4 is 5.73 Å². The van der Waals surface area contributed by atoms with Crippen LogP contribution in [0.4, 0.5) is 0 Å². The molecule has 2 saturated heterocycles. The summed E-state index contributed by atoms with van der Waals surface area (Å²) < 4.78 is 0. The molecule has 0 aromatic heterocycles. The predicted molar refractivity (Wildman–Crippen MR) is 66.4 cm³/mol. The van der Waals surface area contributed by atoms with Crippen molar-refractivity contribution < 1.29 is 0 Å². The largest absolute Gasteiger partial charge is 0.324 e. The van der Waals surface area contributed by atoms with Crippen LogP contribution in [-0.2, 0) is 0 Å². The zero-order chi connectivity index (χ0) is 11.0. The number of rotatable bonds is 2. The molecule has 3 heteroatoms. The van der Waals surface area contributed by atoms with Crippen molar-refractivity contribution in [3.8, 4) is 0 Å². The SMILES string of the molecule is NC1(CN2CCN3CCCCC3C2)CCC1. The number of hydrogen-bond acceptors (Lipinski definition) is 3. The Morgan fingerprint density at radius 2 is 1.94 bits per heavy atom. The molecule has 16 heavy (non-hydrogen) atoms. The first kappa shape index (κ1) is 11.0. The Hall–Kier alpha value is -0.120. The van der Waals surface area contributed by atoms with Crippen LogP contribution in [0.2, 0.25) is 0 Å². The summed E-state index contributed by atoms with van der Waals surface area (Å²) in [4.78, 5) is 5.33. The maximum atomic E-state index is 6.35. The Balaban J connectivity index is 1.54. The Labute approximate surface area is 99.0 Å². The Bertz CT molecular complexity index is 250. The number of nitrogens with zero attached hydrogens (tertiary/aromatic N) is 2. The van der Waals surface area contributed by atoms with Gasteiger partial charge in [-0.05, 0) is 38.6 Å². The van der Waals surface area contributed by atoms with E-state index < -0.39 is 0 Å². The topological polar surface area (TPSA) is 32.5 Å². The molecule has 3 rings (SSSR count). The highest BCUT2D eigenvalue weighted by atomic mass is 15.3. The summed E-state index contributed by atoms with van der Waals surface area (Å²) in [7, 11) is 0. The van der Waals surface area contributed by atoms with E-state index in [1.807, 2.05) is 0 Å². The minimum Gasteiger partial charge on any atom is -0.324 e. The summed E-state index contributed by atoms with van der Waals surface area (Å²) in [5.41, 5.74) is 6.52. The zero-order valence-corrected chi connectivity index (χ0v) is 10.3. The Kier molecular flexibility index (Phi) is 2.94. The standard InChI is InChI=1S/C13H25N3/c14-13(5-3-6-13)11-15-8-9-16-7-2-1-4-12(16)10-15/h12H,1-11,14H2. The molecule has 0 amide bonds. The van der Waals surface area contributed by atoms with Crippen LogP contribution in [0.5, 0.6) is 0 Å². The average Bonchev–Trinajstić information content (AvgIpc) is 2.27. The summed E-state index contributed by atoms with van der Waals surface area (Å²) in [5, 5.41) is 0. The van der Waals surface area contributed by atoms with Gasteiger partial charge in [-0.15, -0.1) is 0 Å². The summed E-state index contributed by atoms with van der Waals surface area (Å²) in [6.45, 7) is 6.29. The molecule has 0 spiro atoms. The normalized spacial score (nSPS) is 35.4. The second kappa shape index (κ2) is 4.28. The van der Waals surface area contributed by atoms with E-state index in [4.69, 9.17) is 5.73 Å². The molecule has 3 fully saturated rings. The van der Waals surface area contributed by atoms with Gasteiger partial charge in [0.25, 0.3) is 0 Å². The molecule has 0 aromatic carbocycles. The van der Waals surface area contributed by atoms with Crippen LogP contribution in [0.15, 0.2) is 0 Å². The molecule has 0 bridgehead atoms. The van der Waals surface area contributed by atoms with Gasteiger partial charge >= 0.3 is 0 Å². The van der Waals surface area contributed by atoms with Gasteiger partial charge in [0, 0.05) is 37.8 Å². The van der Waals surface area contributed by atoms with Crippen molar-refractivity contribution in [3.05, 3.63) is 0 Å². The Morgan fingerprint density at radius 1 is 1.06 bits per heavy atom. The lowest BCUT2D eigenvalue weighted by molar-refractivity contribution is 0.0282. The predicted octanol–water partition coefficient (Wildman–Crippen LogP) is 1.04.